The quantitative estimate of drug-likeness (QED) is 0.444. The average molecular weight is 290 g/mol. The van der Waals surface area contributed by atoms with Crippen LogP contribution in [0.5, 0.6) is 5.75 Å². The first-order chi connectivity index (χ1) is 9.97. The van der Waals surface area contributed by atoms with Crippen molar-refractivity contribution in [1.82, 2.24) is 0 Å². The normalized spacial score (nSPS) is 11.6. The van der Waals surface area contributed by atoms with Crippen LogP contribution in [0.15, 0.2) is 24.3 Å². The minimum atomic E-state index is 0.507. The third-order valence-corrected chi connectivity index (χ3v) is 3.83. The molecule has 21 heavy (non-hydrogen) atoms. The first kappa shape index (κ1) is 18.1. The molecule has 0 radical (unpaired) electrons. The highest BCUT2D eigenvalue weighted by Gasteiger charge is 2.08. The van der Waals surface area contributed by atoms with Gasteiger partial charge in [-0.15, -0.1) is 0 Å². The van der Waals surface area contributed by atoms with Gasteiger partial charge in [0.15, 0.2) is 0 Å². The fourth-order valence-corrected chi connectivity index (χ4v) is 2.54. The van der Waals surface area contributed by atoms with Gasteiger partial charge in [-0.05, 0) is 42.9 Å². The highest BCUT2D eigenvalue weighted by Crippen LogP contribution is 2.22. The fraction of sp³-hybridized carbons (Fsp3) is 0.700. The van der Waals surface area contributed by atoms with Crippen LogP contribution in [0.1, 0.15) is 77.7 Å². The standard InChI is InChI=1S/C20H34O/c1-18-13-12-14-19(17-18)21-16-11-9-7-5-6-8-10-15-20(2,3)4/h12-14,17H,5-11,15-16H2,1-4H3. The third-order valence-electron chi connectivity index (χ3n) is 3.83. The molecule has 1 aromatic carbocycles. The van der Waals surface area contributed by atoms with Gasteiger partial charge in [0, 0.05) is 0 Å². The molecule has 1 heteroatoms. The molecule has 0 fully saturated rings. The Morgan fingerprint density at radius 2 is 1.48 bits per heavy atom. The van der Waals surface area contributed by atoms with Crippen LogP contribution in [-0.4, -0.2) is 6.61 Å². The summed E-state index contributed by atoms with van der Waals surface area (Å²) >= 11 is 0. The molecule has 0 aliphatic heterocycles. The maximum Gasteiger partial charge on any atom is 0.119 e. The Kier molecular flexibility index (Phi) is 8.49. The summed E-state index contributed by atoms with van der Waals surface area (Å²) in [4.78, 5) is 0. The summed E-state index contributed by atoms with van der Waals surface area (Å²) in [5, 5.41) is 0. The Labute approximate surface area is 132 Å². The van der Waals surface area contributed by atoms with E-state index in [0.717, 1.165) is 12.4 Å². The number of ether oxygens (including phenoxy) is 1. The molecule has 0 spiro atoms. The molecule has 0 aromatic heterocycles. The SMILES string of the molecule is Cc1cccc(OCCCCCCCCCC(C)(C)C)c1. The summed E-state index contributed by atoms with van der Waals surface area (Å²) < 4.78 is 5.77. The van der Waals surface area contributed by atoms with E-state index >= 15 is 0 Å². The number of hydrogen-bond donors (Lipinski definition) is 0. The van der Waals surface area contributed by atoms with Crippen LogP contribution in [0, 0.1) is 12.3 Å². The van der Waals surface area contributed by atoms with Gasteiger partial charge >= 0.3 is 0 Å². The second kappa shape index (κ2) is 9.87. The summed E-state index contributed by atoms with van der Waals surface area (Å²) in [6.45, 7) is 9.96. The molecule has 0 saturated carbocycles. The van der Waals surface area contributed by atoms with Crippen LogP contribution in [0.3, 0.4) is 0 Å². The van der Waals surface area contributed by atoms with E-state index in [1.165, 1.54) is 56.9 Å². The minimum absolute atomic E-state index is 0.507. The maximum atomic E-state index is 5.77. The third kappa shape index (κ3) is 10.4. The predicted octanol–water partition coefficient (Wildman–Crippen LogP) is 6.54. The molecule has 0 N–H and O–H groups in total. The highest BCUT2D eigenvalue weighted by molar-refractivity contribution is 5.27. The number of benzene rings is 1. The van der Waals surface area contributed by atoms with Gasteiger partial charge in [0.2, 0.25) is 0 Å². The molecule has 0 heterocycles. The highest BCUT2D eigenvalue weighted by atomic mass is 16.5. The van der Waals surface area contributed by atoms with Crippen LogP contribution < -0.4 is 4.74 Å². The Bertz CT molecular complexity index is 376. The smallest absolute Gasteiger partial charge is 0.119 e. The van der Waals surface area contributed by atoms with E-state index < -0.39 is 0 Å². The number of unbranched alkanes of at least 4 members (excludes halogenated alkanes) is 6. The summed E-state index contributed by atoms with van der Waals surface area (Å²) in [6.07, 6.45) is 10.8. The lowest BCUT2D eigenvalue weighted by Crippen LogP contribution is -2.03. The van der Waals surface area contributed by atoms with E-state index in [9.17, 15) is 0 Å². The lowest BCUT2D eigenvalue weighted by molar-refractivity contribution is 0.303. The van der Waals surface area contributed by atoms with E-state index in [1.807, 2.05) is 6.07 Å². The molecule has 120 valence electrons. The molecule has 0 saturated heterocycles. The van der Waals surface area contributed by atoms with E-state index in [2.05, 4.69) is 45.9 Å². The van der Waals surface area contributed by atoms with Crippen LogP contribution >= 0.6 is 0 Å². The van der Waals surface area contributed by atoms with Crippen molar-refractivity contribution in [3.05, 3.63) is 29.8 Å². The van der Waals surface area contributed by atoms with E-state index in [1.54, 1.807) is 0 Å². The average Bonchev–Trinajstić information content (AvgIpc) is 2.40. The summed E-state index contributed by atoms with van der Waals surface area (Å²) in [5.41, 5.74) is 1.77. The molecule has 1 aromatic rings. The van der Waals surface area contributed by atoms with Gasteiger partial charge in [-0.2, -0.15) is 0 Å². The molecule has 0 atom stereocenters. The second-order valence-electron chi connectivity index (χ2n) is 7.45. The van der Waals surface area contributed by atoms with Crippen molar-refractivity contribution in [2.45, 2.75) is 79.1 Å². The molecule has 1 nitrogen and oxygen atoms in total. The van der Waals surface area contributed by atoms with Crippen LogP contribution in [0.25, 0.3) is 0 Å². The number of hydrogen-bond acceptors (Lipinski definition) is 1. The van der Waals surface area contributed by atoms with E-state index in [0.29, 0.717) is 5.41 Å². The van der Waals surface area contributed by atoms with Crippen molar-refractivity contribution < 1.29 is 4.74 Å². The van der Waals surface area contributed by atoms with Gasteiger partial charge in [-0.1, -0.05) is 71.4 Å². The van der Waals surface area contributed by atoms with Gasteiger partial charge in [0.05, 0.1) is 6.61 Å². The monoisotopic (exact) mass is 290 g/mol. The molecule has 0 aliphatic carbocycles. The van der Waals surface area contributed by atoms with Gasteiger partial charge in [0.1, 0.15) is 5.75 Å². The Morgan fingerprint density at radius 1 is 0.857 bits per heavy atom. The summed E-state index contributed by atoms with van der Waals surface area (Å²) in [5.74, 6) is 1.01. The van der Waals surface area contributed by atoms with Gasteiger partial charge in [0.25, 0.3) is 0 Å². The molecule has 0 bridgehead atoms. The Morgan fingerprint density at radius 3 is 2.10 bits per heavy atom. The van der Waals surface area contributed by atoms with Crippen LogP contribution in [0.2, 0.25) is 0 Å². The van der Waals surface area contributed by atoms with E-state index in [-0.39, 0.29) is 0 Å². The molecule has 0 amide bonds. The minimum Gasteiger partial charge on any atom is -0.494 e. The van der Waals surface area contributed by atoms with Gasteiger partial charge < -0.3 is 4.74 Å². The van der Waals surface area contributed by atoms with Crippen molar-refractivity contribution >= 4 is 0 Å². The lowest BCUT2D eigenvalue weighted by atomic mass is 9.89. The van der Waals surface area contributed by atoms with Crippen LogP contribution in [0.4, 0.5) is 0 Å². The topological polar surface area (TPSA) is 9.23 Å². The Balaban J connectivity index is 1.89. The van der Waals surface area contributed by atoms with Crippen molar-refractivity contribution in [3.63, 3.8) is 0 Å². The van der Waals surface area contributed by atoms with Crippen LogP contribution in [-0.2, 0) is 0 Å². The lowest BCUT2D eigenvalue weighted by Gasteiger charge is -2.17. The van der Waals surface area contributed by atoms with Crippen molar-refractivity contribution in [2.24, 2.45) is 5.41 Å². The van der Waals surface area contributed by atoms with Gasteiger partial charge in [-0.3, -0.25) is 0 Å². The number of rotatable bonds is 10. The van der Waals surface area contributed by atoms with Crippen molar-refractivity contribution in [1.29, 1.82) is 0 Å². The maximum absolute atomic E-state index is 5.77. The zero-order valence-corrected chi connectivity index (χ0v) is 14.6. The van der Waals surface area contributed by atoms with E-state index in [4.69, 9.17) is 4.74 Å². The fourth-order valence-electron chi connectivity index (χ4n) is 2.54. The molecular weight excluding hydrogens is 256 g/mol. The number of aryl methyl sites for hydroxylation is 1. The molecule has 0 aliphatic rings. The summed E-state index contributed by atoms with van der Waals surface area (Å²) in [7, 11) is 0. The zero-order valence-electron chi connectivity index (χ0n) is 14.6. The Hall–Kier alpha value is -0.980. The van der Waals surface area contributed by atoms with Crippen molar-refractivity contribution in [2.75, 3.05) is 6.61 Å². The molecule has 0 unspecified atom stereocenters. The zero-order chi connectivity index (χ0) is 15.6. The first-order valence-electron chi connectivity index (χ1n) is 8.67. The molecular formula is C20H34O. The first-order valence-corrected chi connectivity index (χ1v) is 8.67. The largest absolute Gasteiger partial charge is 0.494 e. The molecule has 1 rings (SSSR count). The second-order valence-corrected chi connectivity index (χ2v) is 7.45. The summed E-state index contributed by atoms with van der Waals surface area (Å²) in [6, 6.07) is 8.31. The predicted molar refractivity (Wildman–Crippen MR) is 93.1 cm³/mol. The van der Waals surface area contributed by atoms with Crippen molar-refractivity contribution in [3.8, 4) is 5.75 Å². The van der Waals surface area contributed by atoms with Gasteiger partial charge in [-0.25, -0.2) is 0 Å².